The predicted octanol–water partition coefficient (Wildman–Crippen LogP) is 0.782. The van der Waals surface area contributed by atoms with Gasteiger partial charge in [-0.15, -0.1) is 0 Å². The number of hydrogen-bond acceptors (Lipinski definition) is 3. The van der Waals surface area contributed by atoms with E-state index in [1.54, 1.807) is 0 Å². The second-order valence-corrected chi connectivity index (χ2v) is 6.79. The molecule has 1 atom stereocenters. The first kappa shape index (κ1) is 15.6. The third kappa shape index (κ3) is 3.72. The van der Waals surface area contributed by atoms with Gasteiger partial charge in [-0.1, -0.05) is 0 Å². The minimum atomic E-state index is 0.0737. The molecule has 3 saturated heterocycles. The summed E-state index contributed by atoms with van der Waals surface area (Å²) in [5, 5.41) is 6.50. The van der Waals surface area contributed by atoms with Crippen LogP contribution in [0.4, 0.5) is 4.79 Å². The molecule has 3 fully saturated rings. The zero-order valence-corrected chi connectivity index (χ0v) is 13.4. The summed E-state index contributed by atoms with van der Waals surface area (Å²) in [5.74, 6) is 0.256. The first-order chi connectivity index (χ1) is 10.7. The standard InChI is InChI=1S/C16H28N4O2/c21-15(18-14-4-3-7-17-12-14)13-5-10-20(11-6-13)16(22)19-8-1-2-9-19/h13-14,17H,1-12H2,(H,18,21). The zero-order valence-electron chi connectivity index (χ0n) is 13.4. The summed E-state index contributed by atoms with van der Waals surface area (Å²) < 4.78 is 0. The van der Waals surface area contributed by atoms with E-state index in [9.17, 15) is 9.59 Å². The third-order valence-corrected chi connectivity index (χ3v) is 5.16. The highest BCUT2D eigenvalue weighted by molar-refractivity contribution is 5.80. The Balaban J connectivity index is 1.42. The molecule has 1 unspecified atom stereocenters. The number of urea groups is 1. The summed E-state index contributed by atoms with van der Waals surface area (Å²) in [4.78, 5) is 28.6. The molecule has 0 radical (unpaired) electrons. The fraction of sp³-hybridized carbons (Fsp3) is 0.875. The number of hydrogen-bond donors (Lipinski definition) is 2. The van der Waals surface area contributed by atoms with Gasteiger partial charge in [-0.3, -0.25) is 4.79 Å². The van der Waals surface area contributed by atoms with Crippen molar-refractivity contribution in [3.05, 3.63) is 0 Å². The Morgan fingerprint density at radius 3 is 2.23 bits per heavy atom. The molecule has 2 N–H and O–H groups in total. The van der Waals surface area contributed by atoms with Crippen LogP contribution >= 0.6 is 0 Å². The van der Waals surface area contributed by atoms with Crippen LogP contribution in [0.25, 0.3) is 0 Å². The molecule has 22 heavy (non-hydrogen) atoms. The summed E-state index contributed by atoms with van der Waals surface area (Å²) in [6.07, 6.45) is 6.05. The molecular weight excluding hydrogens is 280 g/mol. The van der Waals surface area contributed by atoms with E-state index in [1.165, 1.54) is 0 Å². The molecule has 0 spiro atoms. The normalized spacial score (nSPS) is 27.0. The van der Waals surface area contributed by atoms with Crippen molar-refractivity contribution in [2.75, 3.05) is 39.3 Å². The fourth-order valence-corrected chi connectivity index (χ4v) is 3.74. The van der Waals surface area contributed by atoms with Crippen LogP contribution in [-0.2, 0) is 4.79 Å². The first-order valence-corrected chi connectivity index (χ1v) is 8.79. The van der Waals surface area contributed by atoms with Gasteiger partial charge in [0.25, 0.3) is 0 Å². The third-order valence-electron chi connectivity index (χ3n) is 5.16. The Labute approximate surface area is 132 Å². The number of nitrogens with one attached hydrogen (secondary N) is 2. The average Bonchev–Trinajstić information content (AvgIpc) is 3.10. The SMILES string of the molecule is O=C(NC1CCCNC1)C1CCN(C(=O)N2CCCC2)CC1. The summed E-state index contributed by atoms with van der Waals surface area (Å²) >= 11 is 0. The molecule has 0 aromatic rings. The molecule has 3 rings (SSSR count). The summed E-state index contributed by atoms with van der Waals surface area (Å²) in [5.41, 5.74) is 0. The molecule has 0 saturated carbocycles. The molecule has 3 aliphatic heterocycles. The van der Waals surface area contributed by atoms with Gasteiger partial charge in [0.05, 0.1) is 0 Å². The first-order valence-electron chi connectivity index (χ1n) is 8.79. The molecule has 3 amide bonds. The minimum Gasteiger partial charge on any atom is -0.352 e. The molecule has 0 bridgehead atoms. The van der Waals surface area contributed by atoms with Crippen molar-refractivity contribution < 1.29 is 9.59 Å². The van der Waals surface area contributed by atoms with E-state index in [0.717, 1.165) is 77.8 Å². The highest BCUT2D eigenvalue weighted by Crippen LogP contribution is 2.20. The van der Waals surface area contributed by atoms with Crippen molar-refractivity contribution in [3.8, 4) is 0 Å². The van der Waals surface area contributed by atoms with Crippen LogP contribution in [0.3, 0.4) is 0 Å². The van der Waals surface area contributed by atoms with Crippen LogP contribution < -0.4 is 10.6 Å². The van der Waals surface area contributed by atoms with Gasteiger partial charge in [-0.25, -0.2) is 4.79 Å². The molecule has 124 valence electrons. The van der Waals surface area contributed by atoms with E-state index in [4.69, 9.17) is 0 Å². The van der Waals surface area contributed by atoms with E-state index < -0.39 is 0 Å². The maximum Gasteiger partial charge on any atom is 0.319 e. The van der Waals surface area contributed by atoms with Gasteiger partial charge < -0.3 is 20.4 Å². The molecule has 3 heterocycles. The van der Waals surface area contributed by atoms with E-state index in [0.29, 0.717) is 0 Å². The summed E-state index contributed by atoms with van der Waals surface area (Å²) in [6.45, 7) is 5.18. The average molecular weight is 308 g/mol. The molecule has 0 aromatic carbocycles. The zero-order chi connectivity index (χ0) is 15.4. The highest BCUT2D eigenvalue weighted by Gasteiger charge is 2.31. The Morgan fingerprint density at radius 2 is 1.59 bits per heavy atom. The summed E-state index contributed by atoms with van der Waals surface area (Å²) in [6, 6.07) is 0.457. The topological polar surface area (TPSA) is 64.7 Å². The maximum atomic E-state index is 12.3. The lowest BCUT2D eigenvalue weighted by atomic mass is 9.95. The lowest BCUT2D eigenvalue weighted by Gasteiger charge is -2.34. The van der Waals surface area contributed by atoms with Crippen molar-refractivity contribution in [2.45, 2.75) is 44.6 Å². The molecule has 6 heteroatoms. The van der Waals surface area contributed by atoms with Gasteiger partial charge in [0.1, 0.15) is 0 Å². The number of rotatable bonds is 2. The molecule has 0 aromatic heterocycles. The highest BCUT2D eigenvalue weighted by atomic mass is 16.2. The number of amides is 3. The largest absolute Gasteiger partial charge is 0.352 e. The lowest BCUT2D eigenvalue weighted by molar-refractivity contribution is -0.127. The van der Waals surface area contributed by atoms with Gasteiger partial charge in [0.2, 0.25) is 5.91 Å². The van der Waals surface area contributed by atoms with Crippen LogP contribution in [0.5, 0.6) is 0 Å². The van der Waals surface area contributed by atoms with Crippen LogP contribution in [-0.4, -0.2) is 67.0 Å². The van der Waals surface area contributed by atoms with Gasteiger partial charge in [0, 0.05) is 44.7 Å². The van der Waals surface area contributed by atoms with Crippen molar-refractivity contribution in [1.82, 2.24) is 20.4 Å². The number of likely N-dealkylation sites (tertiary alicyclic amines) is 2. The molecule has 0 aliphatic carbocycles. The van der Waals surface area contributed by atoms with Gasteiger partial charge in [0.15, 0.2) is 0 Å². The van der Waals surface area contributed by atoms with Crippen LogP contribution in [0.2, 0.25) is 0 Å². The monoisotopic (exact) mass is 308 g/mol. The smallest absolute Gasteiger partial charge is 0.319 e. The van der Waals surface area contributed by atoms with Crippen molar-refractivity contribution >= 4 is 11.9 Å². The van der Waals surface area contributed by atoms with Gasteiger partial charge in [-0.05, 0) is 45.1 Å². The summed E-state index contributed by atoms with van der Waals surface area (Å²) in [7, 11) is 0. The molecular formula is C16H28N4O2. The lowest BCUT2D eigenvalue weighted by Crippen LogP contribution is -2.51. The number of carbonyl (C=O) groups is 2. The molecule has 6 nitrogen and oxygen atoms in total. The quantitative estimate of drug-likeness (QED) is 0.792. The van der Waals surface area contributed by atoms with Gasteiger partial charge >= 0.3 is 6.03 Å². The Bertz CT molecular complexity index is 395. The predicted molar refractivity (Wildman–Crippen MR) is 84.5 cm³/mol. The van der Waals surface area contributed by atoms with E-state index in [-0.39, 0.29) is 23.9 Å². The Morgan fingerprint density at radius 1 is 0.909 bits per heavy atom. The van der Waals surface area contributed by atoms with Crippen molar-refractivity contribution in [1.29, 1.82) is 0 Å². The number of nitrogens with zero attached hydrogens (tertiary/aromatic N) is 2. The minimum absolute atomic E-state index is 0.0737. The van der Waals surface area contributed by atoms with Crippen molar-refractivity contribution in [3.63, 3.8) is 0 Å². The van der Waals surface area contributed by atoms with E-state index >= 15 is 0 Å². The Kier molecular flexibility index (Phi) is 5.18. The Hall–Kier alpha value is -1.30. The molecule has 3 aliphatic rings. The van der Waals surface area contributed by atoms with Crippen molar-refractivity contribution in [2.24, 2.45) is 5.92 Å². The van der Waals surface area contributed by atoms with E-state index in [2.05, 4.69) is 10.6 Å². The van der Waals surface area contributed by atoms with Crippen LogP contribution in [0, 0.1) is 5.92 Å². The number of piperidine rings is 2. The second kappa shape index (κ2) is 7.31. The fourth-order valence-electron chi connectivity index (χ4n) is 3.74. The van der Waals surface area contributed by atoms with Crippen LogP contribution in [0.15, 0.2) is 0 Å². The van der Waals surface area contributed by atoms with Gasteiger partial charge in [-0.2, -0.15) is 0 Å². The maximum absolute atomic E-state index is 12.3. The van der Waals surface area contributed by atoms with Crippen LogP contribution in [0.1, 0.15) is 38.5 Å². The number of carbonyl (C=O) groups excluding carboxylic acids is 2. The van der Waals surface area contributed by atoms with E-state index in [1.807, 2.05) is 9.80 Å². The second-order valence-electron chi connectivity index (χ2n) is 6.79.